The number of nitrogens with two attached hydrogens (primary N) is 1. The third kappa shape index (κ3) is 3.23. The molecular weight excluding hydrogens is 298 g/mol. The lowest BCUT2D eigenvalue weighted by Gasteiger charge is -2.09. The average molecular weight is 312 g/mol. The summed E-state index contributed by atoms with van der Waals surface area (Å²) in [5.74, 6) is 0.470. The molecule has 0 fully saturated rings. The predicted octanol–water partition coefficient (Wildman–Crippen LogP) is 2.90. The highest BCUT2D eigenvalue weighted by Gasteiger charge is 2.18. The zero-order valence-corrected chi connectivity index (χ0v) is 12.4. The number of ether oxygens (including phenoxy) is 1. The minimum atomic E-state index is -3.52. The minimum Gasteiger partial charge on any atom is -0.497 e. The Hall–Kier alpha value is -1.72. The van der Waals surface area contributed by atoms with Crippen molar-refractivity contribution in [2.75, 3.05) is 12.8 Å². The van der Waals surface area contributed by atoms with Gasteiger partial charge in [-0.3, -0.25) is 0 Å². The number of benzene rings is 2. The van der Waals surface area contributed by atoms with Gasteiger partial charge < -0.3 is 10.5 Å². The third-order valence-corrected chi connectivity index (χ3v) is 4.79. The van der Waals surface area contributed by atoms with Crippen molar-refractivity contribution in [1.29, 1.82) is 0 Å². The highest BCUT2D eigenvalue weighted by atomic mass is 35.5. The quantitative estimate of drug-likeness (QED) is 0.881. The lowest BCUT2D eigenvalue weighted by atomic mass is 10.2. The van der Waals surface area contributed by atoms with E-state index in [1.807, 2.05) is 0 Å². The van der Waals surface area contributed by atoms with E-state index in [9.17, 15) is 8.42 Å². The molecule has 2 rings (SSSR count). The minimum absolute atomic E-state index is 0.0877. The van der Waals surface area contributed by atoms with Gasteiger partial charge >= 0.3 is 0 Å². The van der Waals surface area contributed by atoms with Gasteiger partial charge in [-0.15, -0.1) is 0 Å². The number of nitrogen functional groups attached to an aromatic ring is 1. The first-order valence-electron chi connectivity index (χ1n) is 5.83. The Morgan fingerprint density at radius 3 is 2.60 bits per heavy atom. The fourth-order valence-electron chi connectivity index (χ4n) is 1.86. The summed E-state index contributed by atoms with van der Waals surface area (Å²) in [6, 6.07) is 11.3. The van der Waals surface area contributed by atoms with E-state index in [-0.39, 0.29) is 16.3 Å². The molecule has 0 aliphatic carbocycles. The Kier molecular flexibility index (Phi) is 4.20. The highest BCUT2D eigenvalue weighted by molar-refractivity contribution is 7.90. The van der Waals surface area contributed by atoms with Gasteiger partial charge in [-0.1, -0.05) is 23.7 Å². The molecule has 0 aliphatic rings. The predicted molar refractivity (Wildman–Crippen MR) is 79.7 cm³/mol. The maximum atomic E-state index is 12.4. The second kappa shape index (κ2) is 5.73. The topological polar surface area (TPSA) is 69.4 Å². The van der Waals surface area contributed by atoms with Gasteiger partial charge in [0, 0.05) is 5.02 Å². The molecule has 0 atom stereocenters. The van der Waals surface area contributed by atoms with Crippen molar-refractivity contribution < 1.29 is 13.2 Å². The number of hydrogen-bond donors (Lipinski definition) is 1. The van der Waals surface area contributed by atoms with Crippen LogP contribution in [-0.4, -0.2) is 15.5 Å². The molecule has 0 saturated heterocycles. The van der Waals surface area contributed by atoms with Crippen molar-refractivity contribution in [1.82, 2.24) is 0 Å². The molecule has 0 saturated carbocycles. The number of anilines is 1. The summed E-state index contributed by atoms with van der Waals surface area (Å²) in [6.45, 7) is 0. The Labute approximate surface area is 123 Å². The molecule has 0 unspecified atom stereocenters. The van der Waals surface area contributed by atoms with E-state index in [0.29, 0.717) is 16.3 Å². The Morgan fingerprint density at radius 1 is 1.20 bits per heavy atom. The summed E-state index contributed by atoms with van der Waals surface area (Å²) in [6.07, 6.45) is 0. The first-order chi connectivity index (χ1) is 9.42. The van der Waals surface area contributed by atoms with Gasteiger partial charge in [-0.05, 0) is 35.9 Å². The molecular formula is C14H14ClNO3S. The summed E-state index contributed by atoms with van der Waals surface area (Å²) in [5, 5.41) is 0.405. The van der Waals surface area contributed by atoms with E-state index < -0.39 is 9.84 Å². The van der Waals surface area contributed by atoms with Crippen molar-refractivity contribution in [2.45, 2.75) is 10.6 Å². The van der Waals surface area contributed by atoms with E-state index in [1.165, 1.54) is 25.3 Å². The fourth-order valence-corrected chi connectivity index (χ4v) is 3.51. The van der Waals surface area contributed by atoms with Gasteiger partial charge in [0.1, 0.15) is 5.75 Å². The van der Waals surface area contributed by atoms with Gasteiger partial charge in [0.15, 0.2) is 9.84 Å². The average Bonchev–Trinajstić information content (AvgIpc) is 2.37. The van der Waals surface area contributed by atoms with Crippen LogP contribution in [-0.2, 0) is 15.6 Å². The maximum absolute atomic E-state index is 12.4. The molecule has 0 amide bonds. The zero-order valence-electron chi connectivity index (χ0n) is 10.8. The molecule has 0 heterocycles. The van der Waals surface area contributed by atoms with Crippen LogP contribution >= 0.6 is 11.6 Å². The first-order valence-corrected chi connectivity index (χ1v) is 7.86. The van der Waals surface area contributed by atoms with E-state index in [2.05, 4.69) is 0 Å². The van der Waals surface area contributed by atoms with Gasteiger partial charge in [0.25, 0.3) is 0 Å². The van der Waals surface area contributed by atoms with Gasteiger partial charge in [-0.25, -0.2) is 8.42 Å². The van der Waals surface area contributed by atoms with Crippen LogP contribution in [0.3, 0.4) is 0 Å². The number of hydrogen-bond acceptors (Lipinski definition) is 4. The molecule has 0 radical (unpaired) electrons. The molecule has 0 aliphatic heterocycles. The second-order valence-corrected chi connectivity index (χ2v) is 6.69. The van der Waals surface area contributed by atoms with Crippen LogP contribution in [0.25, 0.3) is 0 Å². The van der Waals surface area contributed by atoms with Crippen molar-refractivity contribution in [3.63, 3.8) is 0 Å². The third-order valence-electron chi connectivity index (χ3n) is 2.80. The Morgan fingerprint density at radius 2 is 1.95 bits per heavy atom. The largest absolute Gasteiger partial charge is 0.497 e. The van der Waals surface area contributed by atoms with E-state index in [1.54, 1.807) is 24.3 Å². The lowest BCUT2D eigenvalue weighted by Crippen LogP contribution is -2.08. The molecule has 0 bridgehead atoms. The molecule has 2 aromatic carbocycles. The van der Waals surface area contributed by atoms with E-state index in [4.69, 9.17) is 22.1 Å². The molecule has 2 aromatic rings. The van der Waals surface area contributed by atoms with Crippen LogP contribution in [0.5, 0.6) is 5.75 Å². The molecule has 20 heavy (non-hydrogen) atoms. The first kappa shape index (κ1) is 14.7. The van der Waals surface area contributed by atoms with Crippen LogP contribution in [0.4, 0.5) is 5.69 Å². The van der Waals surface area contributed by atoms with Crippen molar-refractivity contribution in [2.24, 2.45) is 0 Å². The monoisotopic (exact) mass is 311 g/mol. The number of halogens is 1. The van der Waals surface area contributed by atoms with Gasteiger partial charge in [0.05, 0.1) is 23.4 Å². The molecule has 4 nitrogen and oxygen atoms in total. The lowest BCUT2D eigenvalue weighted by molar-refractivity contribution is 0.414. The van der Waals surface area contributed by atoms with Crippen molar-refractivity contribution >= 4 is 27.1 Å². The number of rotatable bonds is 4. The number of sulfone groups is 1. The molecule has 0 aromatic heterocycles. The Bertz CT molecular complexity index is 729. The molecule has 2 N–H and O–H groups in total. The van der Waals surface area contributed by atoms with Crippen LogP contribution < -0.4 is 10.5 Å². The summed E-state index contributed by atoms with van der Waals surface area (Å²) in [5.41, 5.74) is 6.52. The summed E-state index contributed by atoms with van der Waals surface area (Å²) in [4.78, 5) is 0.0877. The maximum Gasteiger partial charge on any atom is 0.184 e. The van der Waals surface area contributed by atoms with Crippen molar-refractivity contribution in [3.8, 4) is 5.75 Å². The van der Waals surface area contributed by atoms with Crippen LogP contribution in [0.1, 0.15) is 5.56 Å². The highest BCUT2D eigenvalue weighted by Crippen LogP contribution is 2.26. The summed E-state index contributed by atoms with van der Waals surface area (Å²) >= 11 is 5.78. The van der Waals surface area contributed by atoms with Crippen molar-refractivity contribution in [3.05, 3.63) is 53.1 Å². The molecule has 0 spiro atoms. The summed E-state index contributed by atoms with van der Waals surface area (Å²) in [7, 11) is -1.99. The van der Waals surface area contributed by atoms with Gasteiger partial charge in [0.2, 0.25) is 0 Å². The van der Waals surface area contributed by atoms with Crippen LogP contribution in [0, 0.1) is 0 Å². The number of methoxy groups -OCH3 is 1. The van der Waals surface area contributed by atoms with E-state index >= 15 is 0 Å². The van der Waals surface area contributed by atoms with Crippen LogP contribution in [0.15, 0.2) is 47.4 Å². The normalized spacial score (nSPS) is 11.3. The van der Waals surface area contributed by atoms with E-state index in [0.717, 1.165) is 0 Å². The second-order valence-electron chi connectivity index (χ2n) is 4.29. The standard InChI is InChI=1S/C14H14ClNO3S/c1-19-12-4-2-3-10(7-12)9-20(17,18)14-6-5-11(15)8-13(14)16/h2-8H,9,16H2,1H3. The fraction of sp³-hybridized carbons (Fsp3) is 0.143. The molecule has 6 heteroatoms. The molecule has 106 valence electrons. The zero-order chi connectivity index (χ0) is 14.8. The van der Waals surface area contributed by atoms with Crippen LogP contribution in [0.2, 0.25) is 5.02 Å². The SMILES string of the molecule is COc1cccc(CS(=O)(=O)c2ccc(Cl)cc2N)c1. The Balaban J connectivity index is 2.35. The smallest absolute Gasteiger partial charge is 0.184 e. The van der Waals surface area contributed by atoms with Gasteiger partial charge in [-0.2, -0.15) is 0 Å². The summed E-state index contributed by atoms with van der Waals surface area (Å²) < 4.78 is 29.8.